The second kappa shape index (κ2) is 47.5. The first-order valence-electron chi connectivity index (χ1n) is 26.4. The van der Waals surface area contributed by atoms with Crippen molar-refractivity contribution >= 4 is 17.9 Å². The van der Waals surface area contributed by atoms with Gasteiger partial charge in [0.1, 0.15) is 13.2 Å². The molecule has 6 heteroatoms. The molecule has 0 aliphatic rings. The first-order chi connectivity index (χ1) is 28.9. The van der Waals surface area contributed by atoms with Crippen LogP contribution < -0.4 is 0 Å². The van der Waals surface area contributed by atoms with E-state index in [1.165, 1.54) is 193 Å². The van der Waals surface area contributed by atoms with E-state index in [2.05, 4.69) is 27.7 Å². The zero-order chi connectivity index (χ0) is 43.1. The minimum absolute atomic E-state index is 0.0626. The Kier molecular flexibility index (Phi) is 46.2. The van der Waals surface area contributed by atoms with Gasteiger partial charge in [-0.2, -0.15) is 0 Å². The van der Waals surface area contributed by atoms with E-state index in [9.17, 15) is 14.4 Å². The molecule has 0 spiro atoms. The van der Waals surface area contributed by atoms with Gasteiger partial charge < -0.3 is 14.2 Å². The van der Waals surface area contributed by atoms with E-state index in [1.807, 2.05) is 0 Å². The lowest BCUT2D eigenvalue weighted by molar-refractivity contribution is -0.167. The quantitative estimate of drug-likeness (QED) is 0.0345. The van der Waals surface area contributed by atoms with E-state index < -0.39 is 6.10 Å². The molecule has 0 aliphatic carbocycles. The van der Waals surface area contributed by atoms with E-state index in [-0.39, 0.29) is 31.1 Å². The fourth-order valence-electron chi connectivity index (χ4n) is 8.04. The van der Waals surface area contributed by atoms with E-state index in [0.29, 0.717) is 19.3 Å². The van der Waals surface area contributed by atoms with Gasteiger partial charge >= 0.3 is 17.9 Å². The third-order valence-electron chi connectivity index (χ3n) is 12.0. The smallest absolute Gasteiger partial charge is 0.306 e. The van der Waals surface area contributed by atoms with Gasteiger partial charge in [-0.1, -0.05) is 259 Å². The summed E-state index contributed by atoms with van der Waals surface area (Å²) in [6.07, 6.45) is 49.4. The van der Waals surface area contributed by atoms with Crippen LogP contribution >= 0.6 is 0 Å². The van der Waals surface area contributed by atoms with Crippen molar-refractivity contribution in [3.63, 3.8) is 0 Å². The maximum atomic E-state index is 12.7. The predicted octanol–water partition coefficient (Wildman–Crippen LogP) is 17.1. The van der Waals surface area contributed by atoms with Crippen molar-refractivity contribution in [3.05, 3.63) is 0 Å². The van der Waals surface area contributed by atoms with Crippen molar-refractivity contribution in [2.45, 2.75) is 303 Å². The summed E-state index contributed by atoms with van der Waals surface area (Å²) in [6.45, 7) is 9.03. The maximum Gasteiger partial charge on any atom is 0.306 e. The summed E-state index contributed by atoms with van der Waals surface area (Å²) in [4.78, 5) is 37.9. The molecule has 0 aromatic carbocycles. The molecule has 0 fully saturated rings. The Labute approximate surface area is 368 Å². The summed E-state index contributed by atoms with van der Waals surface area (Å²) >= 11 is 0. The second-order valence-electron chi connectivity index (χ2n) is 18.6. The summed E-state index contributed by atoms with van der Waals surface area (Å²) in [6, 6.07) is 0. The Hall–Kier alpha value is -1.59. The van der Waals surface area contributed by atoms with Crippen LogP contribution in [0.2, 0.25) is 0 Å². The summed E-state index contributed by atoms with van der Waals surface area (Å²) in [5, 5.41) is 0. The Bertz CT molecular complexity index is 887. The van der Waals surface area contributed by atoms with Crippen LogP contribution in [0.4, 0.5) is 0 Å². The summed E-state index contributed by atoms with van der Waals surface area (Å²) in [5.74, 6) is 0.00508. The number of ether oxygens (including phenoxy) is 3. The van der Waals surface area contributed by atoms with Gasteiger partial charge in [-0.25, -0.2) is 0 Å². The third kappa shape index (κ3) is 47.3. The molecule has 0 aromatic heterocycles. The molecule has 0 amide bonds. The van der Waals surface area contributed by atoms with Crippen molar-refractivity contribution in [1.29, 1.82) is 0 Å². The first kappa shape index (κ1) is 57.4. The van der Waals surface area contributed by atoms with Gasteiger partial charge in [0.15, 0.2) is 6.10 Å². The average Bonchev–Trinajstić information content (AvgIpc) is 3.22. The molecule has 350 valence electrons. The Morgan fingerprint density at radius 3 is 0.831 bits per heavy atom. The van der Waals surface area contributed by atoms with Crippen LogP contribution in [0.3, 0.4) is 0 Å². The minimum atomic E-state index is -0.760. The first-order valence-corrected chi connectivity index (χ1v) is 26.4. The van der Waals surface area contributed by atoms with Crippen molar-refractivity contribution in [1.82, 2.24) is 0 Å². The maximum absolute atomic E-state index is 12.7. The molecule has 0 saturated carbocycles. The Morgan fingerprint density at radius 1 is 0.322 bits per heavy atom. The zero-order valence-electron chi connectivity index (χ0n) is 40.2. The van der Waals surface area contributed by atoms with E-state index in [1.54, 1.807) is 0 Å². The lowest BCUT2D eigenvalue weighted by atomic mass is 10.0. The van der Waals surface area contributed by atoms with Crippen LogP contribution in [0.25, 0.3) is 0 Å². The second-order valence-corrected chi connectivity index (χ2v) is 18.6. The van der Waals surface area contributed by atoms with Crippen LogP contribution in [-0.4, -0.2) is 37.2 Å². The van der Waals surface area contributed by atoms with E-state index in [0.717, 1.165) is 63.7 Å². The predicted molar refractivity (Wildman–Crippen MR) is 252 cm³/mol. The number of hydrogen-bond acceptors (Lipinski definition) is 6. The van der Waals surface area contributed by atoms with Gasteiger partial charge in [0.25, 0.3) is 0 Å². The highest BCUT2D eigenvalue weighted by Crippen LogP contribution is 2.17. The summed E-state index contributed by atoms with van der Waals surface area (Å²) in [7, 11) is 0. The molecule has 59 heavy (non-hydrogen) atoms. The topological polar surface area (TPSA) is 78.9 Å². The zero-order valence-corrected chi connectivity index (χ0v) is 40.2. The van der Waals surface area contributed by atoms with Gasteiger partial charge in [0.2, 0.25) is 0 Å². The normalized spacial score (nSPS) is 11.9. The van der Waals surface area contributed by atoms with Gasteiger partial charge in [-0.3, -0.25) is 14.4 Å². The van der Waals surface area contributed by atoms with E-state index >= 15 is 0 Å². The molecule has 0 aromatic rings. The largest absolute Gasteiger partial charge is 0.462 e. The number of carbonyl (C=O) groups excluding carboxylic acids is 3. The van der Waals surface area contributed by atoms with Gasteiger partial charge in [-0.05, 0) is 25.2 Å². The molecule has 0 radical (unpaired) electrons. The van der Waals surface area contributed by atoms with Gasteiger partial charge in [0.05, 0.1) is 0 Å². The average molecular weight is 835 g/mol. The van der Waals surface area contributed by atoms with Crippen molar-refractivity contribution < 1.29 is 28.6 Å². The molecule has 1 atom stereocenters. The van der Waals surface area contributed by atoms with Gasteiger partial charge in [0, 0.05) is 19.3 Å². The van der Waals surface area contributed by atoms with Gasteiger partial charge in [-0.15, -0.1) is 0 Å². The van der Waals surface area contributed by atoms with Crippen LogP contribution in [0.5, 0.6) is 0 Å². The molecule has 6 nitrogen and oxygen atoms in total. The highest BCUT2D eigenvalue weighted by atomic mass is 16.6. The monoisotopic (exact) mass is 835 g/mol. The Morgan fingerprint density at radius 2 is 0.559 bits per heavy atom. The van der Waals surface area contributed by atoms with Crippen LogP contribution in [-0.2, 0) is 28.6 Å². The summed E-state index contributed by atoms with van der Waals surface area (Å²) in [5.41, 5.74) is 0. The SMILES string of the molecule is CCCCCCCCCCCCCCCC(=O)OC[C@@H](COC(=O)CCCCCCCCCCCCCCCCCC(C)C)OC(=O)CCCCCCCCCCCC. The lowest BCUT2D eigenvalue weighted by Gasteiger charge is -2.18. The molecular formula is C53H102O6. The highest BCUT2D eigenvalue weighted by molar-refractivity contribution is 5.71. The molecule has 0 bridgehead atoms. The number of esters is 3. The third-order valence-corrected chi connectivity index (χ3v) is 12.0. The standard InChI is InChI=1S/C53H102O6/c1-5-7-9-11-13-15-17-21-25-29-32-36-40-44-51(54)57-47-50(59-53(56)46-42-38-34-28-16-14-12-10-8-6-2)48-58-52(55)45-41-37-33-30-26-23-20-18-19-22-24-27-31-35-39-43-49(3)4/h49-50H,5-48H2,1-4H3/t50-/m0/s1. The number of rotatable bonds is 48. The fourth-order valence-corrected chi connectivity index (χ4v) is 8.04. The lowest BCUT2D eigenvalue weighted by Crippen LogP contribution is -2.30. The molecule has 0 N–H and O–H groups in total. The minimum Gasteiger partial charge on any atom is -0.462 e. The molecule has 0 aliphatic heterocycles. The Balaban J connectivity index is 4.23. The fraction of sp³-hybridized carbons (Fsp3) is 0.943. The molecular weight excluding hydrogens is 733 g/mol. The summed E-state index contributed by atoms with van der Waals surface area (Å²) < 4.78 is 16.8. The number of carbonyl (C=O) groups is 3. The van der Waals surface area contributed by atoms with Crippen LogP contribution in [0, 0.1) is 5.92 Å². The molecule has 0 unspecified atom stereocenters. The van der Waals surface area contributed by atoms with E-state index in [4.69, 9.17) is 14.2 Å². The van der Waals surface area contributed by atoms with Crippen molar-refractivity contribution in [2.75, 3.05) is 13.2 Å². The highest BCUT2D eigenvalue weighted by Gasteiger charge is 2.19. The van der Waals surface area contributed by atoms with Crippen LogP contribution in [0.15, 0.2) is 0 Å². The molecule has 0 rings (SSSR count). The van der Waals surface area contributed by atoms with Crippen LogP contribution in [0.1, 0.15) is 297 Å². The van der Waals surface area contributed by atoms with Crippen molar-refractivity contribution in [3.8, 4) is 0 Å². The molecule has 0 saturated heterocycles. The number of hydrogen-bond donors (Lipinski definition) is 0. The molecule has 0 heterocycles. The number of unbranched alkanes of at least 4 members (excludes halogenated alkanes) is 35. The van der Waals surface area contributed by atoms with Crippen molar-refractivity contribution in [2.24, 2.45) is 5.92 Å².